The summed E-state index contributed by atoms with van der Waals surface area (Å²) < 4.78 is 5.98. The largest absolute Gasteiger partial charge is 0.481 e. The number of hydrogen-bond donors (Lipinski definition) is 2. The molecule has 154 valence electrons. The van der Waals surface area contributed by atoms with Crippen LogP contribution in [0.25, 0.3) is 0 Å². The summed E-state index contributed by atoms with van der Waals surface area (Å²) in [6, 6.07) is 17.7. The molecule has 2 aromatic rings. The maximum absolute atomic E-state index is 13.2. The summed E-state index contributed by atoms with van der Waals surface area (Å²) in [5.41, 5.74) is 3.26. The molecule has 1 heterocycles. The highest BCUT2D eigenvalue weighted by Crippen LogP contribution is 2.34. The van der Waals surface area contributed by atoms with Crippen molar-refractivity contribution in [2.24, 2.45) is 5.92 Å². The number of amides is 1. The number of benzene rings is 2. The lowest BCUT2D eigenvalue weighted by Gasteiger charge is -2.32. The molecule has 0 saturated carbocycles. The van der Waals surface area contributed by atoms with Gasteiger partial charge in [-0.2, -0.15) is 0 Å². The molecule has 1 aliphatic rings. The van der Waals surface area contributed by atoms with Crippen LogP contribution in [0.2, 0.25) is 0 Å². The first kappa shape index (κ1) is 21.1. The topological polar surface area (TPSA) is 75.6 Å². The number of nitrogens with one attached hydrogen (secondary N) is 1. The van der Waals surface area contributed by atoms with E-state index in [1.54, 1.807) is 0 Å². The predicted molar refractivity (Wildman–Crippen MR) is 112 cm³/mol. The monoisotopic (exact) mass is 395 g/mol. The molecule has 5 heteroatoms. The first-order valence-electron chi connectivity index (χ1n) is 10.3. The van der Waals surface area contributed by atoms with Gasteiger partial charge in [-0.05, 0) is 43.7 Å². The number of hydrogen-bond acceptors (Lipinski definition) is 3. The molecule has 0 aliphatic carbocycles. The lowest BCUT2D eigenvalue weighted by atomic mass is 9.88. The minimum Gasteiger partial charge on any atom is -0.481 e. The van der Waals surface area contributed by atoms with Gasteiger partial charge in [0.25, 0.3) is 0 Å². The Balaban J connectivity index is 1.71. The van der Waals surface area contributed by atoms with Crippen LogP contribution in [0.4, 0.5) is 0 Å². The molecule has 1 aliphatic heterocycles. The van der Waals surface area contributed by atoms with Gasteiger partial charge < -0.3 is 15.2 Å². The second kappa shape index (κ2) is 10.2. The zero-order chi connectivity index (χ0) is 20.6. The van der Waals surface area contributed by atoms with Crippen molar-refractivity contribution in [1.29, 1.82) is 0 Å². The molecular formula is C24H29NO4. The Bertz CT molecular complexity index is 803. The van der Waals surface area contributed by atoms with Crippen molar-refractivity contribution >= 4 is 11.9 Å². The van der Waals surface area contributed by atoms with Crippen LogP contribution in [0.1, 0.15) is 48.5 Å². The van der Waals surface area contributed by atoms with Gasteiger partial charge in [0.2, 0.25) is 5.91 Å². The van der Waals surface area contributed by atoms with Gasteiger partial charge in [-0.15, -0.1) is 0 Å². The molecule has 0 spiro atoms. The van der Waals surface area contributed by atoms with Gasteiger partial charge in [0.1, 0.15) is 0 Å². The smallest absolute Gasteiger partial charge is 0.303 e. The Kier molecular flexibility index (Phi) is 7.42. The fraction of sp³-hybridized carbons (Fsp3) is 0.417. The van der Waals surface area contributed by atoms with E-state index in [9.17, 15) is 9.59 Å². The Morgan fingerprint density at radius 3 is 2.55 bits per heavy atom. The first-order valence-corrected chi connectivity index (χ1v) is 10.3. The van der Waals surface area contributed by atoms with Gasteiger partial charge in [0.15, 0.2) is 0 Å². The highest BCUT2D eigenvalue weighted by atomic mass is 16.5. The summed E-state index contributed by atoms with van der Waals surface area (Å²) in [5, 5.41) is 12.2. The molecule has 5 nitrogen and oxygen atoms in total. The van der Waals surface area contributed by atoms with Crippen LogP contribution < -0.4 is 5.32 Å². The Hall–Kier alpha value is -2.66. The number of carboxylic acid groups (broad SMARTS) is 1. The third-order valence-electron chi connectivity index (χ3n) is 5.44. The van der Waals surface area contributed by atoms with E-state index in [-0.39, 0.29) is 30.4 Å². The average molecular weight is 395 g/mol. The molecule has 0 aromatic heterocycles. The van der Waals surface area contributed by atoms with Crippen molar-refractivity contribution in [3.05, 3.63) is 71.3 Å². The molecule has 3 atom stereocenters. The lowest BCUT2D eigenvalue weighted by Crippen LogP contribution is -2.43. The molecular weight excluding hydrogens is 366 g/mol. The number of ether oxygens (including phenoxy) is 1. The second-order valence-corrected chi connectivity index (χ2v) is 7.78. The minimum atomic E-state index is -0.851. The van der Waals surface area contributed by atoms with E-state index >= 15 is 0 Å². The number of rotatable bonds is 8. The molecule has 2 N–H and O–H groups in total. The fourth-order valence-electron chi connectivity index (χ4n) is 3.86. The maximum Gasteiger partial charge on any atom is 0.303 e. The Labute approximate surface area is 172 Å². The van der Waals surface area contributed by atoms with Crippen LogP contribution >= 0.6 is 0 Å². The minimum absolute atomic E-state index is 0.0281. The molecule has 0 bridgehead atoms. The van der Waals surface area contributed by atoms with Crippen LogP contribution in [-0.4, -0.2) is 29.6 Å². The van der Waals surface area contributed by atoms with Gasteiger partial charge in [-0.1, -0.05) is 60.2 Å². The van der Waals surface area contributed by atoms with E-state index in [1.165, 1.54) is 5.56 Å². The molecule has 1 saturated heterocycles. The zero-order valence-corrected chi connectivity index (χ0v) is 16.8. The van der Waals surface area contributed by atoms with Crippen LogP contribution in [0.5, 0.6) is 0 Å². The molecule has 29 heavy (non-hydrogen) atoms. The van der Waals surface area contributed by atoms with Crippen molar-refractivity contribution in [3.63, 3.8) is 0 Å². The zero-order valence-electron chi connectivity index (χ0n) is 16.8. The van der Waals surface area contributed by atoms with Crippen LogP contribution in [0.3, 0.4) is 0 Å². The molecule has 1 amide bonds. The summed E-state index contributed by atoms with van der Waals surface area (Å²) in [5.74, 6) is -1.17. The standard InChI is InChI=1S/C24H29NO4/c1-17-9-11-19(12-10-17)23-21(8-5-15-29-23)24(28)25-20(13-14-22(26)27)16-18-6-3-2-4-7-18/h2-4,6-7,9-12,20-21,23H,5,8,13-16H2,1H3,(H,25,28)(H,26,27). The molecule has 1 fully saturated rings. The summed E-state index contributed by atoms with van der Waals surface area (Å²) in [6.45, 7) is 2.68. The summed E-state index contributed by atoms with van der Waals surface area (Å²) >= 11 is 0. The number of aryl methyl sites for hydroxylation is 1. The van der Waals surface area contributed by atoms with E-state index in [4.69, 9.17) is 9.84 Å². The third-order valence-corrected chi connectivity index (χ3v) is 5.44. The molecule has 0 radical (unpaired) electrons. The van der Waals surface area contributed by atoms with Gasteiger partial charge in [-0.3, -0.25) is 9.59 Å². The van der Waals surface area contributed by atoms with Gasteiger partial charge in [0, 0.05) is 19.1 Å². The highest BCUT2D eigenvalue weighted by Gasteiger charge is 2.34. The van der Waals surface area contributed by atoms with Crippen molar-refractivity contribution in [2.75, 3.05) is 6.61 Å². The Morgan fingerprint density at radius 2 is 1.86 bits per heavy atom. The van der Waals surface area contributed by atoms with Gasteiger partial charge in [0.05, 0.1) is 12.0 Å². The normalized spacial score (nSPS) is 20.0. The molecule has 3 rings (SSSR count). The average Bonchev–Trinajstić information content (AvgIpc) is 2.73. The number of aliphatic carboxylic acids is 1. The number of carbonyl (C=O) groups is 2. The van der Waals surface area contributed by atoms with E-state index in [1.807, 2.05) is 61.5 Å². The lowest BCUT2D eigenvalue weighted by molar-refractivity contribution is -0.139. The van der Waals surface area contributed by atoms with Crippen molar-refractivity contribution < 1.29 is 19.4 Å². The fourth-order valence-corrected chi connectivity index (χ4v) is 3.86. The van der Waals surface area contributed by atoms with E-state index in [0.717, 1.165) is 24.0 Å². The quantitative estimate of drug-likeness (QED) is 0.707. The Morgan fingerprint density at radius 1 is 1.14 bits per heavy atom. The van der Waals surface area contributed by atoms with Crippen LogP contribution in [-0.2, 0) is 20.7 Å². The number of carboxylic acids is 1. The number of carbonyl (C=O) groups excluding carboxylic acids is 1. The molecule has 3 unspecified atom stereocenters. The summed E-state index contributed by atoms with van der Waals surface area (Å²) in [4.78, 5) is 24.2. The van der Waals surface area contributed by atoms with E-state index in [0.29, 0.717) is 19.4 Å². The summed E-state index contributed by atoms with van der Waals surface area (Å²) in [7, 11) is 0. The van der Waals surface area contributed by atoms with E-state index in [2.05, 4.69) is 5.32 Å². The van der Waals surface area contributed by atoms with E-state index < -0.39 is 5.97 Å². The van der Waals surface area contributed by atoms with Gasteiger partial charge in [-0.25, -0.2) is 0 Å². The SMILES string of the molecule is Cc1ccc(C2OCCCC2C(=O)NC(CCC(=O)O)Cc2ccccc2)cc1. The van der Waals surface area contributed by atoms with Crippen molar-refractivity contribution in [1.82, 2.24) is 5.32 Å². The van der Waals surface area contributed by atoms with Crippen molar-refractivity contribution in [3.8, 4) is 0 Å². The maximum atomic E-state index is 13.2. The van der Waals surface area contributed by atoms with Crippen LogP contribution in [0, 0.1) is 12.8 Å². The summed E-state index contributed by atoms with van der Waals surface area (Å²) in [6.07, 6.45) is 2.39. The van der Waals surface area contributed by atoms with Crippen LogP contribution in [0.15, 0.2) is 54.6 Å². The third kappa shape index (κ3) is 6.16. The first-order chi connectivity index (χ1) is 14.0. The predicted octanol–water partition coefficient (Wildman–Crippen LogP) is 4.06. The van der Waals surface area contributed by atoms with Gasteiger partial charge >= 0.3 is 5.97 Å². The molecule has 2 aromatic carbocycles. The highest BCUT2D eigenvalue weighted by molar-refractivity contribution is 5.80. The second-order valence-electron chi connectivity index (χ2n) is 7.78. The van der Waals surface area contributed by atoms with Crippen molar-refractivity contribution in [2.45, 2.75) is 51.2 Å².